The molecule has 0 radical (unpaired) electrons. The van der Waals surface area contributed by atoms with Crippen LogP contribution in [0, 0.1) is 0 Å². The third kappa shape index (κ3) is 2.39. The van der Waals surface area contributed by atoms with Crippen LogP contribution in [0.1, 0.15) is 51.0 Å². The van der Waals surface area contributed by atoms with Gasteiger partial charge in [-0.3, -0.25) is 0 Å². The molecule has 1 saturated carbocycles. The minimum absolute atomic E-state index is 0.514. The minimum atomic E-state index is 0.514. The number of anilines is 1. The van der Waals surface area contributed by atoms with Gasteiger partial charge in [0, 0.05) is 19.1 Å². The molecule has 0 bridgehead atoms. The van der Waals surface area contributed by atoms with Crippen LogP contribution >= 0.6 is 0 Å². The summed E-state index contributed by atoms with van der Waals surface area (Å²) in [5.74, 6) is 0.811. The quantitative estimate of drug-likeness (QED) is 0.874. The molecule has 2 aliphatic rings. The first-order valence-corrected chi connectivity index (χ1v) is 7.37. The number of piperidine rings is 1. The Bertz CT molecular complexity index is 373. The molecule has 2 N–H and O–H groups in total. The Morgan fingerprint density at radius 3 is 2.33 bits per heavy atom. The van der Waals surface area contributed by atoms with Gasteiger partial charge in [0.1, 0.15) is 5.82 Å². The topological polar surface area (TPSA) is 47.1 Å². The van der Waals surface area contributed by atoms with Crippen LogP contribution in [0.5, 0.6) is 0 Å². The molecule has 4 heteroatoms. The highest BCUT2D eigenvalue weighted by atomic mass is 15.3. The van der Waals surface area contributed by atoms with E-state index in [1.165, 1.54) is 58.0 Å². The highest BCUT2D eigenvalue weighted by molar-refractivity contribution is 5.26. The number of nitrogens with two attached hydrogens (primary N) is 1. The standard InChI is InChI=1S/C14H24N4/c15-14-6-9-16-18(14)13-7-10-17(11-8-13)12-4-2-1-3-5-12/h6,9,12-13H,1-5,7-8,10-11,15H2. The number of rotatable bonds is 2. The summed E-state index contributed by atoms with van der Waals surface area (Å²) in [5, 5.41) is 4.35. The van der Waals surface area contributed by atoms with Gasteiger partial charge in [-0.05, 0) is 31.7 Å². The van der Waals surface area contributed by atoms with Crippen molar-refractivity contribution in [3.05, 3.63) is 12.3 Å². The molecule has 3 rings (SSSR count). The average molecular weight is 248 g/mol. The summed E-state index contributed by atoms with van der Waals surface area (Å²) >= 11 is 0. The van der Waals surface area contributed by atoms with Crippen molar-refractivity contribution in [1.29, 1.82) is 0 Å². The molecule has 1 aromatic rings. The molecule has 1 aliphatic carbocycles. The van der Waals surface area contributed by atoms with Crippen molar-refractivity contribution in [2.45, 2.75) is 57.0 Å². The molecule has 0 unspecified atom stereocenters. The van der Waals surface area contributed by atoms with E-state index in [2.05, 4.69) is 10.00 Å². The summed E-state index contributed by atoms with van der Waals surface area (Å²) in [4.78, 5) is 2.70. The number of hydrogen-bond acceptors (Lipinski definition) is 3. The fourth-order valence-electron chi connectivity index (χ4n) is 3.57. The van der Waals surface area contributed by atoms with E-state index < -0.39 is 0 Å². The molecule has 1 aromatic heterocycles. The van der Waals surface area contributed by atoms with Crippen LogP contribution in [0.25, 0.3) is 0 Å². The van der Waals surface area contributed by atoms with Crippen LogP contribution in [0.4, 0.5) is 5.82 Å². The fourth-order valence-corrected chi connectivity index (χ4v) is 3.57. The number of nitrogens with zero attached hydrogens (tertiary/aromatic N) is 3. The smallest absolute Gasteiger partial charge is 0.121 e. The van der Waals surface area contributed by atoms with Crippen LogP contribution in [-0.2, 0) is 0 Å². The van der Waals surface area contributed by atoms with Crippen molar-refractivity contribution in [3.63, 3.8) is 0 Å². The van der Waals surface area contributed by atoms with E-state index in [-0.39, 0.29) is 0 Å². The molecule has 2 heterocycles. The maximum Gasteiger partial charge on any atom is 0.121 e. The van der Waals surface area contributed by atoms with Gasteiger partial charge in [0.15, 0.2) is 0 Å². The lowest BCUT2D eigenvalue weighted by Gasteiger charge is -2.39. The summed E-state index contributed by atoms with van der Waals surface area (Å²) in [6.45, 7) is 2.43. The maximum absolute atomic E-state index is 5.94. The number of nitrogen functional groups attached to an aromatic ring is 1. The van der Waals surface area contributed by atoms with Gasteiger partial charge >= 0.3 is 0 Å². The van der Waals surface area contributed by atoms with Gasteiger partial charge < -0.3 is 10.6 Å². The van der Waals surface area contributed by atoms with Gasteiger partial charge in [0.2, 0.25) is 0 Å². The zero-order valence-corrected chi connectivity index (χ0v) is 11.1. The Hall–Kier alpha value is -1.03. The zero-order chi connectivity index (χ0) is 12.4. The Balaban J connectivity index is 1.56. The normalized spacial score (nSPS) is 24.4. The second-order valence-electron chi connectivity index (χ2n) is 5.76. The van der Waals surface area contributed by atoms with E-state index in [1.54, 1.807) is 0 Å². The van der Waals surface area contributed by atoms with Gasteiger partial charge in [0.05, 0.1) is 12.2 Å². The predicted octanol–water partition coefficient (Wildman–Crippen LogP) is 2.43. The van der Waals surface area contributed by atoms with Crippen LogP contribution in [0.2, 0.25) is 0 Å². The molecule has 0 aromatic carbocycles. The molecule has 0 atom stereocenters. The molecule has 4 nitrogen and oxygen atoms in total. The lowest BCUT2D eigenvalue weighted by molar-refractivity contribution is 0.106. The first-order chi connectivity index (χ1) is 8.84. The fraction of sp³-hybridized carbons (Fsp3) is 0.786. The molecule has 0 amide bonds. The Morgan fingerprint density at radius 2 is 1.72 bits per heavy atom. The second-order valence-corrected chi connectivity index (χ2v) is 5.76. The third-order valence-corrected chi connectivity index (χ3v) is 4.64. The van der Waals surface area contributed by atoms with E-state index in [1.807, 2.05) is 16.9 Å². The monoisotopic (exact) mass is 248 g/mol. The van der Waals surface area contributed by atoms with Crippen molar-refractivity contribution in [3.8, 4) is 0 Å². The van der Waals surface area contributed by atoms with E-state index in [4.69, 9.17) is 5.73 Å². The summed E-state index contributed by atoms with van der Waals surface area (Å²) in [6, 6.07) is 3.27. The van der Waals surface area contributed by atoms with Crippen molar-refractivity contribution in [2.75, 3.05) is 18.8 Å². The van der Waals surface area contributed by atoms with Gasteiger partial charge in [-0.2, -0.15) is 5.10 Å². The molecule has 100 valence electrons. The average Bonchev–Trinajstić information content (AvgIpc) is 2.86. The predicted molar refractivity (Wildman–Crippen MR) is 73.4 cm³/mol. The summed E-state index contributed by atoms with van der Waals surface area (Å²) < 4.78 is 2.01. The number of hydrogen-bond donors (Lipinski definition) is 1. The number of aromatic nitrogens is 2. The van der Waals surface area contributed by atoms with Gasteiger partial charge in [-0.1, -0.05) is 19.3 Å². The van der Waals surface area contributed by atoms with Crippen LogP contribution in [0.3, 0.4) is 0 Å². The van der Waals surface area contributed by atoms with E-state index >= 15 is 0 Å². The Morgan fingerprint density at radius 1 is 1.00 bits per heavy atom. The van der Waals surface area contributed by atoms with E-state index in [0.29, 0.717) is 6.04 Å². The maximum atomic E-state index is 5.94. The van der Waals surface area contributed by atoms with Crippen LogP contribution < -0.4 is 5.73 Å². The zero-order valence-electron chi connectivity index (χ0n) is 11.1. The Kier molecular flexibility index (Phi) is 3.55. The minimum Gasteiger partial charge on any atom is -0.384 e. The van der Waals surface area contributed by atoms with Crippen molar-refractivity contribution in [2.24, 2.45) is 0 Å². The lowest BCUT2D eigenvalue weighted by Crippen LogP contribution is -2.42. The summed E-state index contributed by atoms with van der Waals surface area (Å²) in [5.41, 5.74) is 5.94. The first-order valence-electron chi connectivity index (χ1n) is 7.37. The SMILES string of the molecule is Nc1ccnn1C1CCN(C2CCCCC2)CC1. The van der Waals surface area contributed by atoms with Crippen molar-refractivity contribution >= 4 is 5.82 Å². The van der Waals surface area contributed by atoms with Crippen molar-refractivity contribution < 1.29 is 0 Å². The first kappa shape index (κ1) is 12.0. The number of likely N-dealkylation sites (tertiary alicyclic amines) is 1. The van der Waals surface area contributed by atoms with Crippen LogP contribution in [0.15, 0.2) is 12.3 Å². The summed E-state index contributed by atoms with van der Waals surface area (Å²) in [7, 11) is 0. The molecule has 18 heavy (non-hydrogen) atoms. The third-order valence-electron chi connectivity index (χ3n) is 4.64. The molecule has 1 aliphatic heterocycles. The van der Waals surface area contributed by atoms with E-state index in [0.717, 1.165) is 11.9 Å². The van der Waals surface area contributed by atoms with Gasteiger partial charge in [-0.15, -0.1) is 0 Å². The highest BCUT2D eigenvalue weighted by Gasteiger charge is 2.27. The highest BCUT2D eigenvalue weighted by Crippen LogP contribution is 2.29. The molecule has 2 fully saturated rings. The van der Waals surface area contributed by atoms with Crippen LogP contribution in [-0.4, -0.2) is 33.8 Å². The van der Waals surface area contributed by atoms with Gasteiger partial charge in [-0.25, -0.2) is 4.68 Å². The van der Waals surface area contributed by atoms with Crippen molar-refractivity contribution in [1.82, 2.24) is 14.7 Å². The molecule has 0 spiro atoms. The summed E-state index contributed by atoms with van der Waals surface area (Å²) in [6.07, 6.45) is 11.3. The largest absolute Gasteiger partial charge is 0.384 e. The molecular weight excluding hydrogens is 224 g/mol. The lowest BCUT2D eigenvalue weighted by atomic mass is 9.92. The van der Waals surface area contributed by atoms with E-state index in [9.17, 15) is 0 Å². The molecular formula is C14H24N4. The Labute approximate surface area is 109 Å². The van der Waals surface area contributed by atoms with Gasteiger partial charge in [0.25, 0.3) is 0 Å². The molecule has 1 saturated heterocycles. The second kappa shape index (κ2) is 5.31.